The van der Waals surface area contributed by atoms with E-state index in [1.54, 1.807) is 0 Å². The van der Waals surface area contributed by atoms with Crippen LogP contribution in [0.15, 0.2) is 18.2 Å². The van der Waals surface area contributed by atoms with Crippen molar-refractivity contribution < 1.29 is 4.79 Å². The van der Waals surface area contributed by atoms with Crippen molar-refractivity contribution in [2.24, 2.45) is 11.8 Å². The predicted octanol–water partition coefficient (Wildman–Crippen LogP) is 3.64. The summed E-state index contributed by atoms with van der Waals surface area (Å²) in [7, 11) is 2.21. The Hall–Kier alpha value is -1.10. The van der Waals surface area contributed by atoms with Gasteiger partial charge in [-0.2, -0.15) is 0 Å². The molecule has 0 spiro atoms. The number of halogens is 1. The van der Waals surface area contributed by atoms with Crippen molar-refractivity contribution in [3.8, 4) is 0 Å². The summed E-state index contributed by atoms with van der Waals surface area (Å²) in [4.78, 5) is 17.5. The minimum absolute atomic E-state index is 0.0643. The third kappa shape index (κ3) is 4.55. The van der Waals surface area contributed by atoms with E-state index in [-0.39, 0.29) is 11.9 Å². The Morgan fingerprint density at radius 1 is 1.20 bits per heavy atom. The highest BCUT2D eigenvalue weighted by Gasteiger charge is 2.34. The second-order valence-corrected chi connectivity index (χ2v) is 8.25. The summed E-state index contributed by atoms with van der Waals surface area (Å²) in [6.07, 6.45) is 3.83. The van der Waals surface area contributed by atoms with Gasteiger partial charge in [0.05, 0.1) is 6.04 Å². The molecule has 0 aliphatic carbocycles. The number of nitrogens with zero attached hydrogens (tertiary/aromatic N) is 2. The number of amides is 1. The number of carbonyl (C=O) groups is 1. The lowest BCUT2D eigenvalue weighted by molar-refractivity contribution is -0.120. The Bertz CT molecular complexity index is 613. The molecule has 2 heterocycles. The van der Waals surface area contributed by atoms with E-state index in [1.165, 1.54) is 32.4 Å². The summed E-state index contributed by atoms with van der Waals surface area (Å²) in [6.45, 7) is 8.52. The third-order valence-electron chi connectivity index (χ3n) is 6.07. The van der Waals surface area contributed by atoms with Crippen LogP contribution in [0.2, 0.25) is 5.02 Å². The molecule has 138 valence electrons. The lowest BCUT2D eigenvalue weighted by Crippen LogP contribution is -2.41. The molecule has 0 saturated carbocycles. The summed E-state index contributed by atoms with van der Waals surface area (Å²) in [5, 5.41) is 3.71. The van der Waals surface area contributed by atoms with Gasteiger partial charge in [-0.05, 0) is 89.3 Å². The number of hydrogen-bond donors (Lipinski definition) is 1. The van der Waals surface area contributed by atoms with Crippen molar-refractivity contribution in [1.82, 2.24) is 9.80 Å². The highest BCUT2D eigenvalue weighted by molar-refractivity contribution is 6.31. The zero-order valence-electron chi connectivity index (χ0n) is 15.6. The van der Waals surface area contributed by atoms with Gasteiger partial charge in [-0.3, -0.25) is 9.69 Å². The number of piperidine rings is 1. The van der Waals surface area contributed by atoms with E-state index in [1.807, 2.05) is 32.0 Å². The van der Waals surface area contributed by atoms with Crippen LogP contribution in [0.5, 0.6) is 0 Å². The van der Waals surface area contributed by atoms with Crippen LogP contribution in [0.25, 0.3) is 0 Å². The molecule has 2 fully saturated rings. The minimum atomic E-state index is -0.102. The summed E-state index contributed by atoms with van der Waals surface area (Å²) >= 11 is 6.06. The SMILES string of the molecule is Cc1ccc(Cl)cc1NC(=O)[C@@H](C)N1CC[C@@H](C2CCN(C)CC2)C1. The van der Waals surface area contributed by atoms with E-state index in [0.717, 1.165) is 36.2 Å². The maximum Gasteiger partial charge on any atom is 0.241 e. The number of aryl methyl sites for hydroxylation is 1. The van der Waals surface area contributed by atoms with Crippen molar-refractivity contribution in [2.45, 2.75) is 39.2 Å². The van der Waals surface area contributed by atoms with Gasteiger partial charge >= 0.3 is 0 Å². The number of benzene rings is 1. The Balaban J connectivity index is 1.55. The number of carbonyl (C=O) groups excluding carboxylic acids is 1. The molecule has 1 aromatic carbocycles. The molecule has 1 amide bonds. The fraction of sp³-hybridized carbons (Fsp3) is 0.650. The summed E-state index contributed by atoms with van der Waals surface area (Å²) in [5.41, 5.74) is 1.85. The zero-order chi connectivity index (χ0) is 18.0. The number of anilines is 1. The fourth-order valence-corrected chi connectivity index (χ4v) is 4.36. The molecule has 1 N–H and O–H groups in total. The first kappa shape index (κ1) is 18.7. The lowest BCUT2D eigenvalue weighted by Gasteiger charge is -2.33. The molecule has 3 rings (SSSR count). The smallest absolute Gasteiger partial charge is 0.241 e. The molecule has 0 unspecified atom stereocenters. The van der Waals surface area contributed by atoms with E-state index >= 15 is 0 Å². The molecule has 0 bridgehead atoms. The minimum Gasteiger partial charge on any atom is -0.324 e. The first-order valence-corrected chi connectivity index (χ1v) is 9.81. The monoisotopic (exact) mass is 363 g/mol. The van der Waals surface area contributed by atoms with Crippen molar-refractivity contribution in [2.75, 3.05) is 38.5 Å². The number of rotatable bonds is 4. The van der Waals surface area contributed by atoms with E-state index in [4.69, 9.17) is 11.6 Å². The normalized spacial score (nSPS) is 24.4. The standard InChI is InChI=1S/C20H30ClN3O/c1-14-4-5-18(21)12-19(14)22-20(25)15(2)24-11-8-17(13-24)16-6-9-23(3)10-7-16/h4-5,12,15-17H,6-11,13H2,1-3H3,(H,22,25)/t15-,17-/m1/s1. The van der Waals surface area contributed by atoms with Gasteiger partial charge in [-0.25, -0.2) is 0 Å². The topological polar surface area (TPSA) is 35.6 Å². The Labute approximate surface area is 156 Å². The number of hydrogen-bond acceptors (Lipinski definition) is 3. The zero-order valence-corrected chi connectivity index (χ0v) is 16.4. The molecular formula is C20H30ClN3O. The molecule has 0 aromatic heterocycles. The maximum absolute atomic E-state index is 12.7. The first-order chi connectivity index (χ1) is 11.9. The van der Waals surface area contributed by atoms with Crippen molar-refractivity contribution in [1.29, 1.82) is 0 Å². The van der Waals surface area contributed by atoms with Crippen LogP contribution >= 0.6 is 11.6 Å². The molecular weight excluding hydrogens is 334 g/mol. The molecule has 4 nitrogen and oxygen atoms in total. The summed E-state index contributed by atoms with van der Waals surface area (Å²) in [5.74, 6) is 1.64. The number of nitrogens with one attached hydrogen (secondary N) is 1. The van der Waals surface area contributed by atoms with Gasteiger partial charge in [0.25, 0.3) is 0 Å². The highest BCUT2D eigenvalue weighted by atomic mass is 35.5. The van der Waals surface area contributed by atoms with E-state index < -0.39 is 0 Å². The van der Waals surface area contributed by atoms with E-state index in [9.17, 15) is 4.79 Å². The van der Waals surface area contributed by atoms with Crippen LogP contribution in [-0.4, -0.2) is 55.0 Å². The largest absolute Gasteiger partial charge is 0.324 e. The van der Waals surface area contributed by atoms with Crippen molar-refractivity contribution in [3.63, 3.8) is 0 Å². The fourth-order valence-electron chi connectivity index (χ4n) is 4.18. The van der Waals surface area contributed by atoms with Crippen molar-refractivity contribution >= 4 is 23.2 Å². The van der Waals surface area contributed by atoms with Crippen LogP contribution in [0.3, 0.4) is 0 Å². The van der Waals surface area contributed by atoms with Gasteiger partial charge in [0.2, 0.25) is 5.91 Å². The van der Waals surface area contributed by atoms with Crippen LogP contribution in [-0.2, 0) is 4.79 Å². The van der Waals surface area contributed by atoms with Gasteiger partial charge in [0, 0.05) is 17.3 Å². The van der Waals surface area contributed by atoms with E-state index in [0.29, 0.717) is 5.02 Å². The lowest BCUT2D eigenvalue weighted by atomic mass is 9.84. The van der Waals surface area contributed by atoms with Crippen LogP contribution in [0, 0.1) is 18.8 Å². The summed E-state index contributed by atoms with van der Waals surface area (Å²) in [6, 6.07) is 5.51. The second kappa shape index (κ2) is 8.07. The predicted molar refractivity (Wildman–Crippen MR) is 104 cm³/mol. The first-order valence-electron chi connectivity index (χ1n) is 9.43. The third-order valence-corrected chi connectivity index (χ3v) is 6.31. The van der Waals surface area contributed by atoms with Crippen LogP contribution in [0.1, 0.15) is 31.7 Å². The van der Waals surface area contributed by atoms with Gasteiger partial charge in [-0.15, -0.1) is 0 Å². The second-order valence-electron chi connectivity index (χ2n) is 7.81. The molecule has 2 aliphatic heterocycles. The molecule has 5 heteroatoms. The summed E-state index contributed by atoms with van der Waals surface area (Å²) < 4.78 is 0. The molecule has 2 aliphatic rings. The van der Waals surface area contributed by atoms with Crippen LogP contribution in [0.4, 0.5) is 5.69 Å². The average Bonchev–Trinajstić information content (AvgIpc) is 3.08. The Morgan fingerprint density at radius 3 is 2.60 bits per heavy atom. The molecule has 1 aromatic rings. The molecule has 2 saturated heterocycles. The average molecular weight is 364 g/mol. The van der Waals surface area contributed by atoms with E-state index in [2.05, 4.69) is 22.2 Å². The quantitative estimate of drug-likeness (QED) is 0.887. The molecule has 2 atom stereocenters. The Kier molecular flexibility index (Phi) is 6.03. The molecule has 25 heavy (non-hydrogen) atoms. The number of likely N-dealkylation sites (tertiary alicyclic amines) is 2. The Morgan fingerprint density at radius 2 is 1.88 bits per heavy atom. The van der Waals surface area contributed by atoms with Gasteiger partial charge in [0.15, 0.2) is 0 Å². The van der Waals surface area contributed by atoms with Gasteiger partial charge < -0.3 is 10.2 Å². The van der Waals surface area contributed by atoms with Gasteiger partial charge in [0.1, 0.15) is 0 Å². The van der Waals surface area contributed by atoms with Crippen molar-refractivity contribution in [3.05, 3.63) is 28.8 Å². The highest BCUT2D eigenvalue weighted by Crippen LogP contribution is 2.32. The molecule has 0 radical (unpaired) electrons. The van der Waals surface area contributed by atoms with Gasteiger partial charge in [-0.1, -0.05) is 17.7 Å². The maximum atomic E-state index is 12.7. The van der Waals surface area contributed by atoms with Crippen LogP contribution < -0.4 is 5.32 Å².